The molecule has 2 N–H and O–H groups in total. The van der Waals surface area contributed by atoms with Gasteiger partial charge in [0.2, 0.25) is 0 Å². The summed E-state index contributed by atoms with van der Waals surface area (Å²) in [6, 6.07) is 19.0. The second-order valence-corrected chi connectivity index (χ2v) is 6.40. The maximum absolute atomic E-state index is 9.86. The van der Waals surface area contributed by atoms with Gasteiger partial charge in [-0.15, -0.1) is 0 Å². The van der Waals surface area contributed by atoms with E-state index in [-0.39, 0.29) is 13.2 Å². The van der Waals surface area contributed by atoms with Crippen molar-refractivity contribution in [2.45, 2.75) is 37.0 Å². The van der Waals surface area contributed by atoms with Crippen LogP contribution in [0.4, 0.5) is 0 Å². The number of aliphatic hydroxyl groups is 2. The van der Waals surface area contributed by atoms with Gasteiger partial charge in [0.15, 0.2) is 12.6 Å². The minimum Gasteiger partial charge on any atom is -0.394 e. The third kappa shape index (κ3) is 3.40. The lowest BCUT2D eigenvalue weighted by atomic mass is 10.0. The van der Waals surface area contributed by atoms with Crippen LogP contribution in [0.2, 0.25) is 0 Å². The van der Waals surface area contributed by atoms with Crippen molar-refractivity contribution in [3.63, 3.8) is 0 Å². The minimum atomic E-state index is -0.710. The van der Waals surface area contributed by atoms with Gasteiger partial charge in [-0.05, 0) is 0 Å². The van der Waals surface area contributed by atoms with E-state index in [1.165, 1.54) is 0 Å². The molecule has 0 saturated carbocycles. The molecule has 0 aromatic heterocycles. The molecule has 4 atom stereocenters. The van der Waals surface area contributed by atoms with Crippen molar-refractivity contribution in [3.8, 4) is 0 Å². The summed E-state index contributed by atoms with van der Waals surface area (Å²) in [5.74, 6) is 0. The van der Waals surface area contributed by atoms with E-state index in [0.29, 0.717) is 0 Å². The van der Waals surface area contributed by atoms with Crippen LogP contribution in [0.3, 0.4) is 0 Å². The second kappa shape index (κ2) is 7.84. The number of benzene rings is 2. The molecule has 6 heteroatoms. The van der Waals surface area contributed by atoms with Crippen LogP contribution in [0.5, 0.6) is 0 Å². The Bertz CT molecular complexity index is 672. The van der Waals surface area contributed by atoms with Gasteiger partial charge >= 0.3 is 0 Å². The highest BCUT2D eigenvalue weighted by atomic mass is 16.8. The average Bonchev–Trinajstić information content (AvgIpc) is 3.08. The monoisotopic (exact) mass is 358 g/mol. The van der Waals surface area contributed by atoms with Crippen LogP contribution in [0.25, 0.3) is 0 Å². The Hall–Kier alpha value is -1.80. The van der Waals surface area contributed by atoms with Crippen molar-refractivity contribution in [1.29, 1.82) is 0 Å². The predicted molar refractivity (Wildman–Crippen MR) is 92.0 cm³/mol. The third-order valence-electron chi connectivity index (χ3n) is 4.72. The lowest BCUT2D eigenvalue weighted by Gasteiger charge is -2.24. The van der Waals surface area contributed by atoms with Gasteiger partial charge in [0.05, 0.1) is 13.2 Å². The highest BCUT2D eigenvalue weighted by Gasteiger charge is 2.50. The predicted octanol–water partition coefficient (Wildman–Crippen LogP) is 1.94. The summed E-state index contributed by atoms with van der Waals surface area (Å²) < 4.78 is 24.1. The third-order valence-corrected chi connectivity index (χ3v) is 4.72. The molecule has 0 bridgehead atoms. The molecule has 2 aliphatic heterocycles. The van der Waals surface area contributed by atoms with Crippen LogP contribution in [-0.2, 0) is 18.9 Å². The Kier molecular flexibility index (Phi) is 5.31. The van der Waals surface area contributed by atoms with Gasteiger partial charge in [0.25, 0.3) is 0 Å². The van der Waals surface area contributed by atoms with Gasteiger partial charge < -0.3 is 29.2 Å². The molecule has 6 nitrogen and oxygen atoms in total. The molecular weight excluding hydrogens is 336 g/mol. The van der Waals surface area contributed by atoms with Crippen molar-refractivity contribution in [3.05, 3.63) is 71.8 Å². The molecule has 0 radical (unpaired) electrons. The molecule has 0 aliphatic carbocycles. The summed E-state index contributed by atoms with van der Waals surface area (Å²) in [5.41, 5.74) is 1.68. The zero-order valence-electron chi connectivity index (χ0n) is 14.2. The van der Waals surface area contributed by atoms with E-state index in [0.717, 1.165) is 11.1 Å². The summed E-state index contributed by atoms with van der Waals surface area (Å²) in [7, 11) is 0. The molecular formula is C20H22O6. The zero-order chi connectivity index (χ0) is 17.9. The van der Waals surface area contributed by atoms with Crippen molar-refractivity contribution in [1.82, 2.24) is 0 Å². The van der Waals surface area contributed by atoms with Crippen LogP contribution < -0.4 is 0 Å². The largest absolute Gasteiger partial charge is 0.394 e. The highest BCUT2D eigenvalue weighted by Crippen LogP contribution is 2.40. The Balaban J connectivity index is 1.60. The molecule has 4 unspecified atom stereocenters. The van der Waals surface area contributed by atoms with Crippen LogP contribution in [0.1, 0.15) is 23.7 Å². The number of ether oxygens (including phenoxy) is 4. The number of rotatable bonds is 4. The highest BCUT2D eigenvalue weighted by molar-refractivity contribution is 5.18. The second-order valence-electron chi connectivity index (χ2n) is 6.40. The number of fused-ring (bicyclic) bond motifs is 1. The maximum Gasteiger partial charge on any atom is 0.184 e. The number of hydrogen-bond donors (Lipinski definition) is 2. The summed E-state index contributed by atoms with van der Waals surface area (Å²) in [5, 5.41) is 19.7. The summed E-state index contributed by atoms with van der Waals surface area (Å²) in [6.07, 6.45) is -3.65. The lowest BCUT2D eigenvalue weighted by Crippen LogP contribution is -2.43. The van der Waals surface area contributed by atoms with E-state index in [1.54, 1.807) is 0 Å². The summed E-state index contributed by atoms with van der Waals surface area (Å²) in [4.78, 5) is 0. The van der Waals surface area contributed by atoms with Crippen LogP contribution in [0, 0.1) is 0 Å². The van der Waals surface area contributed by atoms with Gasteiger partial charge in [-0.1, -0.05) is 60.7 Å². The number of aliphatic hydroxyl groups excluding tert-OH is 2. The van der Waals surface area contributed by atoms with Crippen LogP contribution in [0.15, 0.2) is 60.7 Å². The molecule has 2 saturated heterocycles. The van der Waals surface area contributed by atoms with Gasteiger partial charge in [0.1, 0.15) is 24.4 Å². The van der Waals surface area contributed by atoms with Gasteiger partial charge in [-0.2, -0.15) is 0 Å². The lowest BCUT2D eigenvalue weighted by molar-refractivity contribution is -0.223. The number of hydrogen-bond acceptors (Lipinski definition) is 6. The normalized spacial score (nSPS) is 34.2. The topological polar surface area (TPSA) is 77.4 Å². The fraction of sp³-hybridized carbons (Fsp3) is 0.400. The average molecular weight is 358 g/mol. The molecule has 2 aliphatic rings. The molecule has 2 heterocycles. The molecule has 2 aromatic rings. The molecule has 26 heavy (non-hydrogen) atoms. The first-order valence-corrected chi connectivity index (χ1v) is 8.73. The van der Waals surface area contributed by atoms with E-state index in [9.17, 15) is 10.2 Å². The van der Waals surface area contributed by atoms with Crippen molar-refractivity contribution in [2.24, 2.45) is 0 Å². The quantitative estimate of drug-likeness (QED) is 0.870. The van der Waals surface area contributed by atoms with Gasteiger partial charge in [-0.3, -0.25) is 0 Å². The molecule has 2 aromatic carbocycles. The molecule has 0 spiro atoms. The van der Waals surface area contributed by atoms with Crippen LogP contribution in [-0.4, -0.2) is 47.8 Å². The van der Waals surface area contributed by atoms with E-state index < -0.39 is 37.0 Å². The fourth-order valence-corrected chi connectivity index (χ4v) is 3.40. The molecule has 2 fully saturated rings. The standard InChI is InChI=1S/C20H22O6/c21-11-15-17-18(26-20(25-17)14-9-5-2-6-10-14)16(12-22)24-19(23-15)13-7-3-1-4-8-13/h1-10,15-22H,11-12H2. The zero-order valence-corrected chi connectivity index (χ0v) is 14.2. The van der Waals surface area contributed by atoms with E-state index in [4.69, 9.17) is 18.9 Å². The first-order valence-electron chi connectivity index (χ1n) is 8.73. The first-order chi connectivity index (χ1) is 12.8. The van der Waals surface area contributed by atoms with Gasteiger partial charge in [0, 0.05) is 11.1 Å². The smallest absolute Gasteiger partial charge is 0.184 e. The van der Waals surface area contributed by atoms with Gasteiger partial charge in [-0.25, -0.2) is 0 Å². The van der Waals surface area contributed by atoms with E-state index >= 15 is 0 Å². The van der Waals surface area contributed by atoms with Crippen molar-refractivity contribution >= 4 is 0 Å². The van der Waals surface area contributed by atoms with Crippen molar-refractivity contribution < 1.29 is 29.2 Å². The first kappa shape index (κ1) is 17.6. The minimum absolute atomic E-state index is 0.239. The maximum atomic E-state index is 9.86. The SMILES string of the molecule is OCC1OC(c2ccccc2)OC(CO)C2OC(c3ccccc3)OC12. The Morgan fingerprint density at radius 2 is 0.962 bits per heavy atom. The molecule has 0 amide bonds. The molecule has 138 valence electrons. The van der Waals surface area contributed by atoms with E-state index in [1.807, 2.05) is 60.7 Å². The summed E-state index contributed by atoms with van der Waals surface area (Å²) in [6.45, 7) is -0.478. The van der Waals surface area contributed by atoms with E-state index in [2.05, 4.69) is 0 Å². The Morgan fingerprint density at radius 3 is 1.35 bits per heavy atom. The fourth-order valence-electron chi connectivity index (χ4n) is 3.40. The summed E-state index contributed by atoms with van der Waals surface area (Å²) >= 11 is 0. The van der Waals surface area contributed by atoms with Crippen molar-refractivity contribution in [2.75, 3.05) is 13.2 Å². The Morgan fingerprint density at radius 1 is 0.577 bits per heavy atom. The Labute approximate surface area is 151 Å². The molecule has 4 rings (SSSR count). The van der Waals surface area contributed by atoms with Crippen LogP contribution >= 0.6 is 0 Å².